The number of Topliss-reactive ketones (excluding diaryl/α,β-unsaturated/α-hetero) is 1. The zero-order chi connectivity index (χ0) is 25.5. The number of aromatic nitrogens is 1. The highest BCUT2D eigenvalue weighted by Gasteiger charge is 2.46. The number of pyridine rings is 1. The van der Waals surface area contributed by atoms with Crippen molar-refractivity contribution in [2.75, 3.05) is 52.6 Å². The number of benzene rings is 1. The molecule has 1 aromatic heterocycles. The number of aliphatic hydroxyl groups excluding tert-OH is 1. The van der Waals surface area contributed by atoms with Gasteiger partial charge in [0, 0.05) is 44.1 Å². The number of amides is 1. The van der Waals surface area contributed by atoms with Crippen LogP contribution in [-0.2, 0) is 14.3 Å². The number of aliphatic hydroxyl groups is 1. The number of ketones is 1. The van der Waals surface area contributed by atoms with Crippen LogP contribution >= 0.6 is 0 Å². The van der Waals surface area contributed by atoms with Gasteiger partial charge in [-0.2, -0.15) is 0 Å². The van der Waals surface area contributed by atoms with Gasteiger partial charge in [-0.25, -0.2) is 0 Å². The number of rotatable bonds is 10. The normalized spacial score (nSPS) is 20.1. The predicted octanol–water partition coefficient (Wildman–Crippen LogP) is 3.02. The fourth-order valence-electron chi connectivity index (χ4n) is 4.49. The standard InChI is InChI=1S/C27H33N3O6/c1-3-15-36-21-6-5-20(18-22(21)35-4-2)24-23(25(31)19-7-9-28-10-8-19)26(32)27(33)30(24)12-11-29-13-16-34-17-14-29/h5-10,18,24,31H,3-4,11-17H2,1-2H3/b25-23+. The van der Waals surface area contributed by atoms with Crippen molar-refractivity contribution in [2.45, 2.75) is 26.3 Å². The van der Waals surface area contributed by atoms with Crippen LogP contribution in [0.15, 0.2) is 48.3 Å². The summed E-state index contributed by atoms with van der Waals surface area (Å²) in [6.45, 7) is 8.62. The summed E-state index contributed by atoms with van der Waals surface area (Å²) in [7, 11) is 0. The van der Waals surface area contributed by atoms with E-state index in [1.54, 1.807) is 29.2 Å². The molecule has 1 atom stereocenters. The van der Waals surface area contributed by atoms with E-state index in [9.17, 15) is 14.7 Å². The lowest BCUT2D eigenvalue weighted by Gasteiger charge is -2.31. The third-order valence-corrected chi connectivity index (χ3v) is 6.30. The second-order valence-electron chi connectivity index (χ2n) is 8.67. The molecule has 9 heteroatoms. The number of hydrogen-bond acceptors (Lipinski definition) is 8. The van der Waals surface area contributed by atoms with Crippen molar-refractivity contribution in [3.8, 4) is 11.5 Å². The van der Waals surface area contributed by atoms with Gasteiger partial charge in [0.25, 0.3) is 11.7 Å². The van der Waals surface area contributed by atoms with Gasteiger partial charge < -0.3 is 24.2 Å². The minimum absolute atomic E-state index is 0.0536. The Balaban J connectivity index is 1.75. The quantitative estimate of drug-likeness (QED) is 0.305. The van der Waals surface area contributed by atoms with Crippen LogP contribution in [0, 0.1) is 0 Å². The molecule has 3 heterocycles. The third-order valence-electron chi connectivity index (χ3n) is 6.30. The predicted molar refractivity (Wildman–Crippen MR) is 134 cm³/mol. The van der Waals surface area contributed by atoms with Gasteiger partial charge in [0.2, 0.25) is 0 Å². The van der Waals surface area contributed by atoms with Crippen molar-refractivity contribution in [2.24, 2.45) is 0 Å². The Morgan fingerprint density at radius 3 is 2.50 bits per heavy atom. The van der Waals surface area contributed by atoms with Gasteiger partial charge in [0.1, 0.15) is 5.76 Å². The van der Waals surface area contributed by atoms with E-state index in [2.05, 4.69) is 9.88 Å². The van der Waals surface area contributed by atoms with E-state index < -0.39 is 17.7 Å². The number of likely N-dealkylation sites (tertiary alicyclic amines) is 1. The van der Waals surface area contributed by atoms with Crippen molar-refractivity contribution in [3.05, 3.63) is 59.4 Å². The molecule has 4 rings (SSSR count). The molecule has 0 radical (unpaired) electrons. The van der Waals surface area contributed by atoms with E-state index in [0.717, 1.165) is 19.5 Å². The van der Waals surface area contributed by atoms with Crippen LogP contribution in [0.25, 0.3) is 5.76 Å². The molecular formula is C27H33N3O6. The Bertz CT molecular complexity index is 1100. The number of nitrogens with zero attached hydrogens (tertiary/aromatic N) is 3. The lowest BCUT2D eigenvalue weighted by Crippen LogP contribution is -2.42. The third kappa shape index (κ3) is 5.52. The molecule has 0 aliphatic carbocycles. The molecule has 2 aliphatic heterocycles. The Labute approximate surface area is 211 Å². The first kappa shape index (κ1) is 25.7. The fraction of sp³-hybridized carbons (Fsp3) is 0.444. The average molecular weight is 496 g/mol. The molecule has 36 heavy (non-hydrogen) atoms. The molecule has 2 aliphatic rings. The molecule has 1 N–H and O–H groups in total. The van der Waals surface area contributed by atoms with Crippen LogP contribution in [0.1, 0.15) is 37.4 Å². The summed E-state index contributed by atoms with van der Waals surface area (Å²) in [4.78, 5) is 34.3. The van der Waals surface area contributed by atoms with Gasteiger partial charge in [-0.1, -0.05) is 13.0 Å². The first-order valence-corrected chi connectivity index (χ1v) is 12.4. The van der Waals surface area contributed by atoms with E-state index >= 15 is 0 Å². The minimum Gasteiger partial charge on any atom is -0.507 e. The molecule has 1 unspecified atom stereocenters. The van der Waals surface area contributed by atoms with Crippen LogP contribution in [0.3, 0.4) is 0 Å². The van der Waals surface area contributed by atoms with Gasteiger partial charge in [0.15, 0.2) is 11.5 Å². The van der Waals surface area contributed by atoms with Crippen LogP contribution in [0.4, 0.5) is 0 Å². The van der Waals surface area contributed by atoms with Crippen molar-refractivity contribution in [3.63, 3.8) is 0 Å². The van der Waals surface area contributed by atoms with E-state index in [1.807, 2.05) is 19.9 Å². The Morgan fingerprint density at radius 2 is 1.81 bits per heavy atom. The van der Waals surface area contributed by atoms with Gasteiger partial charge in [-0.3, -0.25) is 19.5 Å². The molecule has 9 nitrogen and oxygen atoms in total. The zero-order valence-corrected chi connectivity index (χ0v) is 20.8. The maximum absolute atomic E-state index is 13.3. The summed E-state index contributed by atoms with van der Waals surface area (Å²) >= 11 is 0. The largest absolute Gasteiger partial charge is 0.507 e. The summed E-state index contributed by atoms with van der Waals surface area (Å²) in [5, 5.41) is 11.2. The smallest absolute Gasteiger partial charge is 0.295 e. The maximum Gasteiger partial charge on any atom is 0.295 e. The Morgan fingerprint density at radius 1 is 1.06 bits per heavy atom. The highest BCUT2D eigenvalue weighted by Crippen LogP contribution is 2.42. The first-order chi connectivity index (χ1) is 17.5. The van der Waals surface area contributed by atoms with E-state index in [0.29, 0.717) is 62.1 Å². The van der Waals surface area contributed by atoms with Crippen molar-refractivity contribution in [1.82, 2.24) is 14.8 Å². The van der Waals surface area contributed by atoms with Gasteiger partial charge in [-0.05, 0) is 43.2 Å². The van der Waals surface area contributed by atoms with Crippen molar-refractivity contribution >= 4 is 17.4 Å². The lowest BCUT2D eigenvalue weighted by molar-refractivity contribution is -0.140. The highest BCUT2D eigenvalue weighted by molar-refractivity contribution is 6.46. The summed E-state index contributed by atoms with van der Waals surface area (Å²) in [5.74, 6) is -0.430. The van der Waals surface area contributed by atoms with E-state index in [4.69, 9.17) is 14.2 Å². The minimum atomic E-state index is -0.765. The topological polar surface area (TPSA) is 101 Å². The summed E-state index contributed by atoms with van der Waals surface area (Å²) in [6, 6.07) is 7.88. The molecule has 1 amide bonds. The molecule has 2 aromatic rings. The molecule has 192 valence electrons. The molecule has 0 spiro atoms. The average Bonchev–Trinajstić information content (AvgIpc) is 3.17. The molecule has 1 aromatic carbocycles. The number of hydrogen-bond donors (Lipinski definition) is 1. The lowest BCUT2D eigenvalue weighted by atomic mass is 9.95. The second-order valence-corrected chi connectivity index (χ2v) is 8.67. The van der Waals surface area contributed by atoms with Gasteiger partial charge in [0.05, 0.1) is 38.0 Å². The zero-order valence-electron chi connectivity index (χ0n) is 20.8. The molecule has 2 saturated heterocycles. The second kappa shape index (κ2) is 12.0. The van der Waals surface area contributed by atoms with Crippen LogP contribution in [-0.4, -0.2) is 84.2 Å². The van der Waals surface area contributed by atoms with E-state index in [1.165, 1.54) is 12.4 Å². The summed E-state index contributed by atoms with van der Waals surface area (Å²) in [5.41, 5.74) is 1.14. The van der Waals surface area contributed by atoms with Crippen LogP contribution < -0.4 is 9.47 Å². The number of ether oxygens (including phenoxy) is 3. The van der Waals surface area contributed by atoms with Crippen molar-refractivity contribution < 1.29 is 28.9 Å². The van der Waals surface area contributed by atoms with Crippen molar-refractivity contribution in [1.29, 1.82) is 0 Å². The number of carbonyl (C=O) groups is 2. The molecule has 0 saturated carbocycles. The van der Waals surface area contributed by atoms with Gasteiger partial charge in [-0.15, -0.1) is 0 Å². The number of carbonyl (C=O) groups excluding carboxylic acids is 2. The molecular weight excluding hydrogens is 462 g/mol. The highest BCUT2D eigenvalue weighted by atomic mass is 16.5. The summed E-state index contributed by atoms with van der Waals surface area (Å²) < 4.78 is 17.1. The van der Waals surface area contributed by atoms with E-state index in [-0.39, 0.29) is 11.3 Å². The molecule has 2 fully saturated rings. The maximum atomic E-state index is 13.3. The number of morpholine rings is 1. The monoisotopic (exact) mass is 495 g/mol. The summed E-state index contributed by atoms with van der Waals surface area (Å²) in [6.07, 6.45) is 3.91. The first-order valence-electron chi connectivity index (χ1n) is 12.4. The Kier molecular flexibility index (Phi) is 8.56. The van der Waals surface area contributed by atoms with Crippen LogP contribution in [0.5, 0.6) is 11.5 Å². The SMILES string of the molecule is CCCOc1ccc(C2/C(=C(\O)c3ccncc3)C(=O)C(=O)N2CCN2CCOCC2)cc1OCC. The fourth-order valence-corrected chi connectivity index (χ4v) is 4.49. The molecule has 0 bridgehead atoms. The van der Waals surface area contributed by atoms with Gasteiger partial charge >= 0.3 is 0 Å². The van der Waals surface area contributed by atoms with Crippen LogP contribution in [0.2, 0.25) is 0 Å². The Hall–Kier alpha value is -3.43.